The predicted octanol–water partition coefficient (Wildman–Crippen LogP) is 4.00. The molecule has 0 radical (unpaired) electrons. The third-order valence-corrected chi connectivity index (χ3v) is 7.10. The Bertz CT molecular complexity index is 1310. The summed E-state index contributed by atoms with van der Waals surface area (Å²) in [6, 6.07) is 13.5. The normalized spacial score (nSPS) is 15.0. The molecule has 1 aliphatic carbocycles. The van der Waals surface area contributed by atoms with Crippen molar-refractivity contribution in [3.63, 3.8) is 0 Å². The number of fused-ring (bicyclic) bond motifs is 1. The number of H-pyrrole nitrogens is 1. The molecule has 3 aromatic rings. The lowest BCUT2D eigenvalue weighted by Gasteiger charge is -2.24. The van der Waals surface area contributed by atoms with Crippen LogP contribution in [0, 0.1) is 0 Å². The molecule has 1 heterocycles. The minimum atomic E-state index is -0.601. The number of carbonyl (C=O) groups excluding carboxylic acids is 2. The van der Waals surface area contributed by atoms with Crippen LogP contribution in [0.3, 0.4) is 0 Å². The quantitative estimate of drug-likeness (QED) is 0.269. The van der Waals surface area contributed by atoms with E-state index in [2.05, 4.69) is 49.0 Å². The van der Waals surface area contributed by atoms with Gasteiger partial charge in [-0.3, -0.25) is 9.59 Å². The van der Waals surface area contributed by atoms with Crippen LogP contribution in [0.25, 0.3) is 10.8 Å². The molecule has 39 heavy (non-hydrogen) atoms. The fourth-order valence-electron chi connectivity index (χ4n) is 4.90. The number of hydrogen-bond donors (Lipinski definition) is 4. The van der Waals surface area contributed by atoms with Crippen LogP contribution < -0.4 is 16.0 Å². The molecular formula is C31H40N6O2. The molecular weight excluding hydrogens is 488 g/mol. The van der Waals surface area contributed by atoms with Crippen LogP contribution in [-0.4, -0.2) is 59.9 Å². The van der Waals surface area contributed by atoms with Crippen molar-refractivity contribution >= 4 is 22.6 Å². The Hall–Kier alpha value is -3.75. The molecule has 2 atom stereocenters. The highest BCUT2D eigenvalue weighted by atomic mass is 16.2. The Labute approximate surface area is 231 Å². The molecule has 4 rings (SSSR count). The van der Waals surface area contributed by atoms with Gasteiger partial charge in [0.15, 0.2) is 0 Å². The van der Waals surface area contributed by atoms with Gasteiger partial charge in [-0.15, -0.1) is 0 Å². The van der Waals surface area contributed by atoms with E-state index in [-0.39, 0.29) is 17.9 Å². The van der Waals surface area contributed by atoms with Gasteiger partial charge in [-0.05, 0) is 69.6 Å². The maximum Gasteiger partial charge on any atom is 0.247 e. The molecule has 0 spiro atoms. The van der Waals surface area contributed by atoms with Crippen molar-refractivity contribution in [2.24, 2.45) is 0 Å². The number of imidazole rings is 1. The zero-order chi connectivity index (χ0) is 27.6. The first-order valence-corrected chi connectivity index (χ1v) is 13.7. The van der Waals surface area contributed by atoms with Gasteiger partial charge in [0, 0.05) is 24.5 Å². The number of benzene rings is 2. The highest BCUT2D eigenvalue weighted by Crippen LogP contribution is 2.24. The Morgan fingerprint density at radius 2 is 1.85 bits per heavy atom. The van der Waals surface area contributed by atoms with E-state index in [0.29, 0.717) is 25.0 Å². The number of carbonyl (C=O) groups is 2. The highest BCUT2D eigenvalue weighted by molar-refractivity contribution is 5.97. The second kappa shape index (κ2) is 13.9. The number of amides is 2. The monoisotopic (exact) mass is 528 g/mol. The summed E-state index contributed by atoms with van der Waals surface area (Å²) >= 11 is 0. The Balaban J connectivity index is 1.38. The number of rotatable bonds is 13. The van der Waals surface area contributed by atoms with E-state index >= 15 is 0 Å². The lowest BCUT2D eigenvalue weighted by atomic mass is 9.97. The van der Waals surface area contributed by atoms with E-state index in [4.69, 9.17) is 0 Å². The van der Waals surface area contributed by atoms with Crippen LogP contribution in [0.2, 0.25) is 0 Å². The van der Waals surface area contributed by atoms with Crippen molar-refractivity contribution in [3.05, 3.63) is 89.5 Å². The number of allylic oxidation sites excluding steroid dienone is 2. The second-order valence-corrected chi connectivity index (χ2v) is 10.4. The molecule has 4 N–H and O–H groups in total. The zero-order valence-electron chi connectivity index (χ0n) is 23.2. The van der Waals surface area contributed by atoms with Crippen LogP contribution in [0.5, 0.6) is 0 Å². The lowest BCUT2D eigenvalue weighted by molar-refractivity contribution is -0.128. The summed E-state index contributed by atoms with van der Waals surface area (Å²) in [5, 5.41) is 11.8. The van der Waals surface area contributed by atoms with Gasteiger partial charge in [-0.2, -0.15) is 0 Å². The molecule has 0 aliphatic heterocycles. The standard InChI is InChI=1S/C31H40N6O2/c1-22(26-11-6-9-24-8-4-5-10-27(24)26)35-31(39)28(12-7-19-37(2)3)36-30(38)25-15-13-23(14-16-25)20-32-21-29-33-17-18-34-29/h4-6,8-11,13,15,17-18,22,28,32H,7,12,14,16,19-21H2,1-3H3,(H,33,34)(H,35,39)(H,36,38)/t22-,28?/m0/s1. The molecule has 2 aromatic carbocycles. The summed E-state index contributed by atoms with van der Waals surface area (Å²) in [6.45, 7) is 4.25. The van der Waals surface area contributed by atoms with Crippen molar-refractivity contribution in [1.29, 1.82) is 0 Å². The van der Waals surface area contributed by atoms with E-state index in [0.717, 1.165) is 48.1 Å². The maximum absolute atomic E-state index is 13.4. The summed E-state index contributed by atoms with van der Waals surface area (Å²) in [7, 11) is 4.02. The van der Waals surface area contributed by atoms with Crippen LogP contribution >= 0.6 is 0 Å². The average molecular weight is 529 g/mol. The second-order valence-electron chi connectivity index (χ2n) is 10.4. The maximum atomic E-state index is 13.4. The largest absolute Gasteiger partial charge is 0.348 e. The molecule has 0 saturated carbocycles. The Morgan fingerprint density at radius 1 is 1.03 bits per heavy atom. The molecule has 0 saturated heterocycles. The number of aromatic nitrogens is 2. The van der Waals surface area contributed by atoms with Gasteiger partial charge >= 0.3 is 0 Å². The average Bonchev–Trinajstić information content (AvgIpc) is 3.46. The van der Waals surface area contributed by atoms with E-state index in [1.807, 2.05) is 63.6 Å². The topological polar surface area (TPSA) is 102 Å². The molecule has 1 aliphatic rings. The Kier molecular flexibility index (Phi) is 10.1. The van der Waals surface area contributed by atoms with Gasteiger partial charge in [0.05, 0.1) is 12.6 Å². The van der Waals surface area contributed by atoms with Crippen LogP contribution in [0.15, 0.2) is 78.2 Å². The van der Waals surface area contributed by atoms with Gasteiger partial charge < -0.3 is 25.8 Å². The van der Waals surface area contributed by atoms with Gasteiger partial charge in [0.1, 0.15) is 11.9 Å². The van der Waals surface area contributed by atoms with Crippen molar-refractivity contribution < 1.29 is 9.59 Å². The van der Waals surface area contributed by atoms with Crippen LogP contribution in [0.1, 0.15) is 50.0 Å². The first kappa shape index (κ1) is 28.3. The van der Waals surface area contributed by atoms with Crippen LogP contribution in [-0.2, 0) is 16.1 Å². The summed E-state index contributed by atoms with van der Waals surface area (Å²) in [5.74, 6) is 0.573. The SMILES string of the molecule is C[C@H](NC(=O)C(CCCN(C)C)NC(=O)C1=CC=C(CNCc2ncc[nH]2)CC1)c1cccc2ccccc12. The van der Waals surface area contributed by atoms with Gasteiger partial charge in [-0.1, -0.05) is 60.2 Å². The summed E-state index contributed by atoms with van der Waals surface area (Å²) in [5.41, 5.74) is 3.01. The van der Waals surface area contributed by atoms with E-state index in [1.165, 1.54) is 5.57 Å². The fourth-order valence-corrected chi connectivity index (χ4v) is 4.90. The van der Waals surface area contributed by atoms with Crippen molar-refractivity contribution in [1.82, 2.24) is 30.8 Å². The first-order chi connectivity index (χ1) is 18.9. The molecule has 8 nitrogen and oxygen atoms in total. The van der Waals surface area contributed by atoms with Crippen LogP contribution in [0.4, 0.5) is 0 Å². The molecule has 0 bridgehead atoms. The fraction of sp³-hybridized carbons (Fsp3) is 0.387. The minimum absolute atomic E-state index is 0.155. The number of hydrogen-bond acceptors (Lipinski definition) is 5. The number of nitrogens with one attached hydrogen (secondary N) is 4. The van der Waals surface area contributed by atoms with Gasteiger partial charge in [0.25, 0.3) is 0 Å². The molecule has 206 valence electrons. The van der Waals surface area contributed by atoms with E-state index in [1.54, 1.807) is 6.20 Å². The number of nitrogens with zero attached hydrogens (tertiary/aromatic N) is 2. The third-order valence-electron chi connectivity index (χ3n) is 7.10. The van der Waals surface area contributed by atoms with E-state index in [9.17, 15) is 9.59 Å². The molecule has 8 heteroatoms. The van der Waals surface area contributed by atoms with Crippen molar-refractivity contribution in [2.75, 3.05) is 27.2 Å². The van der Waals surface area contributed by atoms with E-state index < -0.39 is 6.04 Å². The van der Waals surface area contributed by atoms with Gasteiger partial charge in [-0.25, -0.2) is 4.98 Å². The minimum Gasteiger partial charge on any atom is -0.348 e. The highest BCUT2D eigenvalue weighted by Gasteiger charge is 2.25. The van der Waals surface area contributed by atoms with Crippen molar-refractivity contribution in [3.8, 4) is 0 Å². The molecule has 1 unspecified atom stereocenters. The molecule has 2 amide bonds. The first-order valence-electron chi connectivity index (χ1n) is 13.7. The van der Waals surface area contributed by atoms with Gasteiger partial charge in [0.2, 0.25) is 11.8 Å². The lowest BCUT2D eigenvalue weighted by Crippen LogP contribution is -2.48. The third kappa shape index (κ3) is 8.12. The number of aromatic amines is 1. The smallest absolute Gasteiger partial charge is 0.247 e. The summed E-state index contributed by atoms with van der Waals surface area (Å²) < 4.78 is 0. The zero-order valence-corrected chi connectivity index (χ0v) is 23.2. The molecule has 1 aromatic heterocycles. The Morgan fingerprint density at radius 3 is 2.59 bits per heavy atom. The summed E-state index contributed by atoms with van der Waals surface area (Å²) in [6.07, 6.45) is 10.3. The van der Waals surface area contributed by atoms with Crippen molar-refractivity contribution in [2.45, 2.75) is 51.2 Å². The summed E-state index contributed by atoms with van der Waals surface area (Å²) in [4.78, 5) is 36.0. The molecule has 0 fully saturated rings. The predicted molar refractivity (Wildman–Crippen MR) is 156 cm³/mol.